The second-order valence-corrected chi connectivity index (χ2v) is 3.64. The smallest absolute Gasteiger partial charge is 0.329 e. The third-order valence-corrected chi connectivity index (χ3v) is 1.02. The minimum atomic E-state index is -0.836. The molecule has 0 saturated heterocycles. The molecule has 5 heteroatoms. The minimum absolute atomic E-state index is 0.300. The van der Waals surface area contributed by atoms with Crippen LogP contribution in [0.5, 0.6) is 0 Å². The van der Waals surface area contributed by atoms with Crippen LogP contribution in [0.1, 0.15) is 20.8 Å². The van der Waals surface area contributed by atoms with E-state index in [0.29, 0.717) is 0 Å². The topological polar surface area (TPSA) is 88.2 Å². The summed E-state index contributed by atoms with van der Waals surface area (Å²) in [6.07, 6.45) is 0. The van der Waals surface area contributed by atoms with Crippen LogP contribution in [0.4, 0.5) is 0 Å². The molecule has 0 aliphatic carbocycles. The van der Waals surface area contributed by atoms with E-state index in [9.17, 15) is 4.79 Å². The van der Waals surface area contributed by atoms with Gasteiger partial charge in [-0.3, -0.25) is 5.41 Å². The normalized spacial score (nSPS) is 13.2. The first-order valence-corrected chi connectivity index (χ1v) is 3.89. The van der Waals surface area contributed by atoms with E-state index >= 15 is 0 Å². The van der Waals surface area contributed by atoms with Gasteiger partial charge in [0.1, 0.15) is 11.6 Å². The molecule has 4 N–H and O–H groups in total. The van der Waals surface area contributed by atoms with Crippen LogP contribution < -0.4 is 11.1 Å². The molecule has 0 bridgehead atoms. The predicted octanol–water partition coefficient (Wildman–Crippen LogP) is 0.0139. The number of rotatable bonds is 2. The fourth-order valence-electron chi connectivity index (χ4n) is 0.620. The van der Waals surface area contributed by atoms with E-state index < -0.39 is 17.6 Å². The van der Waals surface area contributed by atoms with Crippen molar-refractivity contribution in [3.8, 4) is 0 Å². The number of nitrogens with one attached hydrogen (secondary N) is 2. The molecule has 75 valence electrons. The summed E-state index contributed by atoms with van der Waals surface area (Å²) in [6.45, 7) is 8.72. The molecule has 1 atom stereocenters. The summed E-state index contributed by atoms with van der Waals surface area (Å²) >= 11 is 0. The molecule has 0 heterocycles. The number of guanidine groups is 1. The first kappa shape index (κ1) is 11.7. The van der Waals surface area contributed by atoms with E-state index in [0.717, 1.165) is 0 Å². The highest BCUT2D eigenvalue weighted by molar-refractivity contribution is 5.84. The molecule has 0 saturated carbocycles. The van der Waals surface area contributed by atoms with E-state index in [4.69, 9.17) is 15.9 Å². The van der Waals surface area contributed by atoms with Gasteiger partial charge in [0.2, 0.25) is 0 Å². The van der Waals surface area contributed by atoms with Crippen molar-refractivity contribution in [3.05, 3.63) is 6.92 Å². The van der Waals surface area contributed by atoms with E-state index in [2.05, 4.69) is 12.2 Å². The Balaban J connectivity index is 4.05. The summed E-state index contributed by atoms with van der Waals surface area (Å²) in [4.78, 5) is 11.2. The van der Waals surface area contributed by atoms with E-state index in [1.165, 1.54) is 0 Å². The third-order valence-electron chi connectivity index (χ3n) is 1.02. The molecular weight excluding hydrogens is 170 g/mol. The molecule has 0 aliphatic rings. The Hall–Kier alpha value is -1.26. The average Bonchev–Trinajstić information content (AvgIpc) is 1.81. The van der Waals surface area contributed by atoms with Crippen LogP contribution in [-0.2, 0) is 9.53 Å². The molecule has 1 radical (unpaired) electrons. The summed E-state index contributed by atoms with van der Waals surface area (Å²) in [5.41, 5.74) is 4.47. The van der Waals surface area contributed by atoms with Gasteiger partial charge in [-0.1, -0.05) is 0 Å². The van der Waals surface area contributed by atoms with E-state index in [1.54, 1.807) is 20.8 Å². The second-order valence-electron chi connectivity index (χ2n) is 3.64. The van der Waals surface area contributed by atoms with Crippen molar-refractivity contribution in [3.63, 3.8) is 0 Å². The lowest BCUT2D eigenvalue weighted by molar-refractivity contribution is -0.155. The monoisotopic (exact) mass is 186 g/mol. The summed E-state index contributed by atoms with van der Waals surface area (Å²) in [5.74, 6) is -0.825. The number of nitrogens with two attached hydrogens (primary N) is 1. The lowest BCUT2D eigenvalue weighted by Crippen LogP contribution is -2.45. The summed E-state index contributed by atoms with van der Waals surface area (Å²) < 4.78 is 4.98. The maximum absolute atomic E-state index is 11.2. The van der Waals surface area contributed by atoms with Gasteiger partial charge >= 0.3 is 5.97 Å². The molecule has 0 aromatic carbocycles. The largest absolute Gasteiger partial charge is 0.458 e. The number of carbonyl (C=O) groups excluding carboxylic acids is 1. The third kappa shape index (κ3) is 5.95. The number of ether oxygens (including phenoxy) is 1. The van der Waals surface area contributed by atoms with Gasteiger partial charge in [0.05, 0.1) is 0 Å². The van der Waals surface area contributed by atoms with Crippen LogP contribution in [0, 0.1) is 12.3 Å². The molecule has 13 heavy (non-hydrogen) atoms. The molecule has 0 aliphatic heterocycles. The number of hydrogen-bond acceptors (Lipinski definition) is 3. The fourth-order valence-corrected chi connectivity index (χ4v) is 0.620. The van der Waals surface area contributed by atoms with Crippen LogP contribution in [0.2, 0.25) is 0 Å². The lowest BCUT2D eigenvalue weighted by Gasteiger charge is -2.22. The number of carbonyl (C=O) groups is 1. The molecule has 0 fully saturated rings. The second kappa shape index (κ2) is 4.11. The quantitative estimate of drug-likeness (QED) is 0.322. The first-order chi connectivity index (χ1) is 5.72. The van der Waals surface area contributed by atoms with Crippen LogP contribution in [0.3, 0.4) is 0 Å². The van der Waals surface area contributed by atoms with Gasteiger partial charge in [-0.2, -0.15) is 0 Å². The van der Waals surface area contributed by atoms with Crippen molar-refractivity contribution < 1.29 is 9.53 Å². The predicted molar refractivity (Wildman–Crippen MR) is 50.0 cm³/mol. The average molecular weight is 186 g/mol. The molecule has 5 nitrogen and oxygen atoms in total. The Morgan fingerprint density at radius 1 is 1.62 bits per heavy atom. The van der Waals surface area contributed by atoms with Crippen molar-refractivity contribution in [1.82, 2.24) is 5.32 Å². The molecule has 0 amide bonds. The van der Waals surface area contributed by atoms with Crippen LogP contribution in [0.15, 0.2) is 0 Å². The summed E-state index contributed by atoms with van der Waals surface area (Å²) in [6, 6.07) is -0.836. The summed E-state index contributed by atoms with van der Waals surface area (Å²) in [7, 11) is 0. The van der Waals surface area contributed by atoms with Crippen molar-refractivity contribution in [1.29, 1.82) is 5.41 Å². The molecule has 0 rings (SSSR count). The Morgan fingerprint density at radius 2 is 2.08 bits per heavy atom. The van der Waals surface area contributed by atoms with E-state index in [1.807, 2.05) is 0 Å². The van der Waals surface area contributed by atoms with Gasteiger partial charge in [-0.15, -0.1) is 0 Å². The van der Waals surface area contributed by atoms with Gasteiger partial charge in [-0.05, 0) is 27.7 Å². The molecule has 1 unspecified atom stereocenters. The van der Waals surface area contributed by atoms with Crippen LogP contribution >= 0.6 is 0 Å². The van der Waals surface area contributed by atoms with Gasteiger partial charge in [0.15, 0.2) is 5.96 Å². The molecule has 0 aromatic heterocycles. The number of hydrogen-bond donors (Lipinski definition) is 3. The van der Waals surface area contributed by atoms with Gasteiger partial charge in [0.25, 0.3) is 0 Å². The fraction of sp³-hybridized carbons (Fsp3) is 0.625. The zero-order chi connectivity index (χ0) is 10.6. The zero-order valence-corrected chi connectivity index (χ0v) is 8.18. The van der Waals surface area contributed by atoms with Gasteiger partial charge in [0, 0.05) is 0 Å². The Kier molecular flexibility index (Phi) is 3.71. The zero-order valence-electron chi connectivity index (χ0n) is 8.18. The Bertz CT molecular complexity index is 208. The van der Waals surface area contributed by atoms with Gasteiger partial charge < -0.3 is 15.8 Å². The van der Waals surface area contributed by atoms with Crippen LogP contribution in [-0.4, -0.2) is 23.6 Å². The van der Waals surface area contributed by atoms with Crippen molar-refractivity contribution >= 4 is 11.9 Å². The van der Waals surface area contributed by atoms with Gasteiger partial charge in [-0.25, -0.2) is 4.79 Å². The van der Waals surface area contributed by atoms with Crippen LogP contribution in [0.25, 0.3) is 0 Å². The molecular formula is C8H16N3O2. The standard InChI is InChI=1S/C8H16N3O2/c1-5(11-7(9)10)6(12)13-8(2,3)4/h5H,1H2,2-4H3,(H4,9,10,11). The highest BCUT2D eigenvalue weighted by atomic mass is 16.6. The SMILES string of the molecule is [CH2]C(NC(=N)N)C(=O)OC(C)(C)C. The Morgan fingerprint density at radius 3 is 2.38 bits per heavy atom. The Labute approximate surface area is 78.1 Å². The highest BCUT2D eigenvalue weighted by Crippen LogP contribution is 2.07. The van der Waals surface area contributed by atoms with E-state index in [-0.39, 0.29) is 5.96 Å². The molecule has 0 spiro atoms. The maximum atomic E-state index is 11.2. The summed E-state index contributed by atoms with van der Waals surface area (Å²) in [5, 5.41) is 9.21. The number of esters is 1. The first-order valence-electron chi connectivity index (χ1n) is 3.89. The lowest BCUT2D eigenvalue weighted by atomic mass is 10.2. The van der Waals surface area contributed by atoms with Crippen molar-refractivity contribution in [2.45, 2.75) is 32.4 Å². The highest BCUT2D eigenvalue weighted by Gasteiger charge is 2.21. The maximum Gasteiger partial charge on any atom is 0.329 e. The minimum Gasteiger partial charge on any atom is -0.458 e. The molecule has 0 aromatic rings. The van der Waals surface area contributed by atoms with Crippen molar-refractivity contribution in [2.24, 2.45) is 5.73 Å². The van der Waals surface area contributed by atoms with Crippen molar-refractivity contribution in [2.75, 3.05) is 0 Å².